The van der Waals surface area contributed by atoms with Gasteiger partial charge in [0, 0.05) is 36.7 Å². The highest BCUT2D eigenvalue weighted by atomic mass is 16.5. The van der Waals surface area contributed by atoms with Gasteiger partial charge in [-0.2, -0.15) is 9.61 Å². The molecule has 0 atom stereocenters. The molecule has 0 radical (unpaired) electrons. The van der Waals surface area contributed by atoms with Gasteiger partial charge in [0.25, 0.3) is 0 Å². The number of anilines is 1. The Kier molecular flexibility index (Phi) is 4.32. The minimum atomic E-state index is -0.100. The predicted octanol–water partition coefficient (Wildman–Crippen LogP) is 1.47. The first-order chi connectivity index (χ1) is 13.9. The van der Waals surface area contributed by atoms with Gasteiger partial charge in [0.15, 0.2) is 11.5 Å². The van der Waals surface area contributed by atoms with Gasteiger partial charge in [-0.05, 0) is 19.2 Å². The summed E-state index contributed by atoms with van der Waals surface area (Å²) in [5, 5.41) is 17.9. The summed E-state index contributed by atoms with van der Waals surface area (Å²) in [6.45, 7) is 11.5. The summed E-state index contributed by atoms with van der Waals surface area (Å²) in [6, 6.07) is 4.54. The number of likely N-dealkylation sites (N-methyl/N-ethyl adjacent to an activating group) is 1. The van der Waals surface area contributed by atoms with Crippen molar-refractivity contribution in [2.45, 2.75) is 51.9 Å². The molecule has 0 aliphatic carbocycles. The maximum Gasteiger partial charge on any atom is 0.178 e. The van der Waals surface area contributed by atoms with E-state index in [1.807, 2.05) is 22.8 Å². The number of hydrogen-bond acceptors (Lipinski definition) is 7. The van der Waals surface area contributed by atoms with Gasteiger partial charge in [0.2, 0.25) is 0 Å². The number of fused-ring (bicyclic) bond motifs is 2. The van der Waals surface area contributed by atoms with Crippen molar-refractivity contribution < 1.29 is 4.74 Å². The molecule has 2 aliphatic heterocycles. The molecule has 0 spiro atoms. The minimum absolute atomic E-state index is 0.100. The van der Waals surface area contributed by atoms with E-state index in [0.717, 1.165) is 50.1 Å². The molecule has 0 N–H and O–H groups in total. The summed E-state index contributed by atoms with van der Waals surface area (Å²) in [4.78, 5) is 4.71. The van der Waals surface area contributed by atoms with Crippen LogP contribution in [0.3, 0.4) is 0 Å². The molecule has 9 nitrogen and oxygen atoms in total. The van der Waals surface area contributed by atoms with Crippen LogP contribution in [0.15, 0.2) is 18.3 Å². The van der Waals surface area contributed by atoms with E-state index in [9.17, 15) is 0 Å². The first-order valence-electron chi connectivity index (χ1n) is 10.2. The average molecular weight is 396 g/mol. The lowest BCUT2D eigenvalue weighted by atomic mass is 9.96. The standard InChI is InChI=1S/C20H28N8O/c1-20(2,3)19-23-22-17-5-6-18(24-28(17)19)26-11-15(12-26)25(4)10-14-9-21-27-7-8-29-13-16(14)27/h5-6,9,15H,7-8,10-13H2,1-4H3. The van der Waals surface area contributed by atoms with Gasteiger partial charge in [-0.3, -0.25) is 9.58 Å². The lowest BCUT2D eigenvalue weighted by molar-refractivity contribution is 0.0784. The summed E-state index contributed by atoms with van der Waals surface area (Å²) in [5.74, 6) is 1.86. The van der Waals surface area contributed by atoms with Gasteiger partial charge in [-0.15, -0.1) is 15.3 Å². The summed E-state index contributed by atoms with van der Waals surface area (Å²) in [5.41, 5.74) is 3.18. The zero-order valence-corrected chi connectivity index (χ0v) is 17.5. The predicted molar refractivity (Wildman–Crippen MR) is 109 cm³/mol. The summed E-state index contributed by atoms with van der Waals surface area (Å²) < 4.78 is 9.56. The fraction of sp³-hybridized carbons (Fsp3) is 0.600. The minimum Gasteiger partial charge on any atom is -0.373 e. The molecule has 0 amide bonds. The van der Waals surface area contributed by atoms with E-state index in [0.29, 0.717) is 12.6 Å². The fourth-order valence-electron chi connectivity index (χ4n) is 4.00. The molecular formula is C20H28N8O. The monoisotopic (exact) mass is 396 g/mol. The van der Waals surface area contributed by atoms with E-state index in [1.54, 1.807) is 0 Å². The molecule has 2 aliphatic rings. The third-order valence-electron chi connectivity index (χ3n) is 5.87. The smallest absolute Gasteiger partial charge is 0.178 e. The summed E-state index contributed by atoms with van der Waals surface area (Å²) >= 11 is 0. The van der Waals surface area contributed by atoms with Crippen LogP contribution in [0.1, 0.15) is 37.9 Å². The lowest BCUT2D eigenvalue weighted by Crippen LogP contribution is -2.58. The van der Waals surface area contributed by atoms with Crippen LogP contribution < -0.4 is 4.90 Å². The van der Waals surface area contributed by atoms with E-state index in [4.69, 9.17) is 9.84 Å². The molecule has 0 saturated carbocycles. The number of hydrogen-bond donors (Lipinski definition) is 0. The molecule has 0 aromatic carbocycles. The van der Waals surface area contributed by atoms with Crippen molar-refractivity contribution in [3.8, 4) is 0 Å². The Bertz CT molecular complexity index is 1030. The van der Waals surface area contributed by atoms with E-state index in [2.05, 4.69) is 57.6 Å². The highest BCUT2D eigenvalue weighted by Crippen LogP contribution is 2.26. The molecule has 9 heteroatoms. The normalized spacial score (nSPS) is 17.8. The molecular weight excluding hydrogens is 368 g/mol. The van der Waals surface area contributed by atoms with Crippen molar-refractivity contribution in [3.63, 3.8) is 0 Å². The van der Waals surface area contributed by atoms with Crippen molar-refractivity contribution in [1.82, 2.24) is 34.5 Å². The molecule has 0 bridgehead atoms. The molecule has 5 rings (SSSR count). The Morgan fingerprint density at radius 3 is 2.83 bits per heavy atom. The van der Waals surface area contributed by atoms with Gasteiger partial charge in [-0.1, -0.05) is 20.8 Å². The fourth-order valence-corrected chi connectivity index (χ4v) is 4.00. The Labute approximate surface area is 170 Å². The molecule has 154 valence electrons. The first-order valence-corrected chi connectivity index (χ1v) is 10.2. The van der Waals surface area contributed by atoms with Crippen LogP contribution in [0.4, 0.5) is 5.82 Å². The molecule has 3 aromatic rings. The topological polar surface area (TPSA) is 76.6 Å². The highest BCUT2D eigenvalue weighted by Gasteiger charge is 2.32. The average Bonchev–Trinajstić information content (AvgIpc) is 3.24. The third-order valence-corrected chi connectivity index (χ3v) is 5.87. The maximum absolute atomic E-state index is 5.61. The van der Waals surface area contributed by atoms with E-state index in [-0.39, 0.29) is 5.41 Å². The first kappa shape index (κ1) is 18.5. The van der Waals surface area contributed by atoms with Crippen LogP contribution in [-0.2, 0) is 29.8 Å². The van der Waals surface area contributed by atoms with Gasteiger partial charge in [0.1, 0.15) is 5.82 Å². The van der Waals surface area contributed by atoms with E-state index >= 15 is 0 Å². The maximum atomic E-state index is 5.61. The second-order valence-corrected chi connectivity index (χ2v) is 9.10. The molecule has 29 heavy (non-hydrogen) atoms. The number of aromatic nitrogens is 6. The van der Waals surface area contributed by atoms with E-state index in [1.165, 1.54) is 11.3 Å². The highest BCUT2D eigenvalue weighted by molar-refractivity contribution is 5.48. The second kappa shape index (κ2) is 6.77. The van der Waals surface area contributed by atoms with Crippen molar-refractivity contribution in [3.05, 3.63) is 35.4 Å². The molecule has 1 fully saturated rings. The van der Waals surface area contributed by atoms with Gasteiger partial charge in [0.05, 0.1) is 31.6 Å². The van der Waals surface area contributed by atoms with Crippen molar-refractivity contribution in [1.29, 1.82) is 0 Å². The van der Waals surface area contributed by atoms with Crippen molar-refractivity contribution >= 4 is 11.5 Å². The van der Waals surface area contributed by atoms with E-state index < -0.39 is 0 Å². The van der Waals surface area contributed by atoms with Gasteiger partial charge in [-0.25, -0.2) is 0 Å². The third kappa shape index (κ3) is 3.28. The van der Waals surface area contributed by atoms with Crippen LogP contribution in [0.5, 0.6) is 0 Å². The number of rotatable bonds is 4. The quantitative estimate of drug-likeness (QED) is 0.661. The Morgan fingerprint density at radius 2 is 2.03 bits per heavy atom. The number of nitrogens with zero attached hydrogens (tertiary/aromatic N) is 8. The summed E-state index contributed by atoms with van der Waals surface area (Å²) in [6.07, 6.45) is 1.99. The van der Waals surface area contributed by atoms with Crippen LogP contribution >= 0.6 is 0 Å². The molecule has 0 unspecified atom stereocenters. The Balaban J connectivity index is 1.26. The van der Waals surface area contributed by atoms with Crippen LogP contribution in [0.2, 0.25) is 0 Å². The zero-order chi connectivity index (χ0) is 20.2. The molecule has 1 saturated heterocycles. The van der Waals surface area contributed by atoms with Crippen LogP contribution in [0, 0.1) is 0 Å². The lowest BCUT2D eigenvalue weighted by Gasteiger charge is -2.44. The SMILES string of the molecule is CN(Cc1cnn2c1COCC2)C1CN(c2ccc3nnc(C(C)(C)C)n3n2)C1. The largest absolute Gasteiger partial charge is 0.373 e. The van der Waals surface area contributed by atoms with Crippen molar-refractivity contribution in [2.24, 2.45) is 0 Å². The second-order valence-electron chi connectivity index (χ2n) is 9.10. The van der Waals surface area contributed by atoms with Gasteiger partial charge < -0.3 is 9.64 Å². The van der Waals surface area contributed by atoms with Crippen LogP contribution in [0.25, 0.3) is 5.65 Å². The van der Waals surface area contributed by atoms with Crippen LogP contribution in [-0.4, -0.2) is 67.3 Å². The Hall–Kier alpha value is -2.52. The Morgan fingerprint density at radius 1 is 1.21 bits per heavy atom. The number of ether oxygens (including phenoxy) is 1. The molecule has 3 aromatic heterocycles. The van der Waals surface area contributed by atoms with Crippen molar-refractivity contribution in [2.75, 3.05) is 31.6 Å². The zero-order valence-electron chi connectivity index (χ0n) is 17.5. The summed E-state index contributed by atoms with van der Waals surface area (Å²) in [7, 11) is 2.18. The molecule has 5 heterocycles. The van der Waals surface area contributed by atoms with Gasteiger partial charge >= 0.3 is 0 Å².